The minimum atomic E-state index is -1.27. The van der Waals surface area contributed by atoms with Crippen LogP contribution in [0.1, 0.15) is 90.4 Å². The van der Waals surface area contributed by atoms with E-state index in [2.05, 4.69) is 11.7 Å². The predicted molar refractivity (Wildman–Crippen MR) is 88.7 cm³/mol. The first-order chi connectivity index (χ1) is 10.6. The second-order valence-corrected chi connectivity index (χ2v) is 6.23. The average Bonchev–Trinajstić information content (AvgIpc) is 2.53. The smallest absolute Gasteiger partial charge is 0.305 e. The van der Waals surface area contributed by atoms with E-state index in [1.807, 2.05) is 0 Å². The topological polar surface area (TPSA) is 63.6 Å². The summed E-state index contributed by atoms with van der Waals surface area (Å²) in [5, 5.41) is 10.2. The van der Waals surface area contributed by atoms with E-state index >= 15 is 0 Å². The number of carbonyl (C=O) groups is 2. The molecule has 0 amide bonds. The van der Waals surface area contributed by atoms with Crippen LogP contribution < -0.4 is 0 Å². The molecule has 0 fully saturated rings. The highest BCUT2D eigenvalue weighted by atomic mass is 16.5. The fraction of sp³-hybridized carbons (Fsp3) is 0.889. The second-order valence-electron chi connectivity index (χ2n) is 6.23. The summed E-state index contributed by atoms with van der Waals surface area (Å²) in [6, 6.07) is 0. The lowest BCUT2D eigenvalue weighted by atomic mass is 9.91. The number of esters is 1. The molecule has 0 aliphatic heterocycles. The van der Waals surface area contributed by atoms with Gasteiger partial charge in [-0.2, -0.15) is 0 Å². The van der Waals surface area contributed by atoms with Gasteiger partial charge >= 0.3 is 5.97 Å². The molecule has 0 bridgehead atoms. The molecule has 0 aliphatic rings. The number of aliphatic hydroxyl groups is 1. The lowest BCUT2D eigenvalue weighted by Crippen LogP contribution is -2.30. The molecule has 0 heterocycles. The predicted octanol–water partition coefficient (Wildman–Crippen LogP) is 4.18. The van der Waals surface area contributed by atoms with Crippen LogP contribution in [0.25, 0.3) is 0 Å². The molecule has 130 valence electrons. The van der Waals surface area contributed by atoms with Crippen molar-refractivity contribution in [1.29, 1.82) is 0 Å². The van der Waals surface area contributed by atoms with E-state index in [1.54, 1.807) is 0 Å². The Morgan fingerprint density at radius 3 is 1.95 bits per heavy atom. The molecular weight excluding hydrogens is 280 g/mol. The Balaban J connectivity index is 3.62. The van der Waals surface area contributed by atoms with Gasteiger partial charge < -0.3 is 14.6 Å². The highest BCUT2D eigenvalue weighted by Gasteiger charge is 2.25. The molecule has 0 radical (unpaired) electrons. The Bertz CT molecular complexity index is 291. The van der Waals surface area contributed by atoms with E-state index in [4.69, 9.17) is 0 Å². The third kappa shape index (κ3) is 11.7. The maximum Gasteiger partial charge on any atom is 0.305 e. The van der Waals surface area contributed by atoms with Crippen molar-refractivity contribution in [3.63, 3.8) is 0 Å². The van der Waals surface area contributed by atoms with Crippen LogP contribution in [0.3, 0.4) is 0 Å². The zero-order chi connectivity index (χ0) is 16.7. The summed E-state index contributed by atoms with van der Waals surface area (Å²) in [5.74, 6) is -0.295. The number of hydrogen-bond donors (Lipinski definition) is 1. The van der Waals surface area contributed by atoms with Crippen molar-refractivity contribution in [3.05, 3.63) is 0 Å². The van der Waals surface area contributed by atoms with Gasteiger partial charge in [0, 0.05) is 6.42 Å². The van der Waals surface area contributed by atoms with E-state index in [-0.39, 0.29) is 12.4 Å². The Kier molecular flexibility index (Phi) is 13.2. The van der Waals surface area contributed by atoms with Crippen LogP contribution in [0.4, 0.5) is 0 Å². The average molecular weight is 314 g/mol. The molecule has 22 heavy (non-hydrogen) atoms. The first-order valence-corrected chi connectivity index (χ1v) is 8.83. The molecule has 1 N–H and O–H groups in total. The number of unbranched alkanes of at least 4 members (excludes halogenated alkanes) is 8. The minimum absolute atomic E-state index is 0.254. The lowest BCUT2D eigenvalue weighted by Gasteiger charge is -2.21. The van der Waals surface area contributed by atoms with Gasteiger partial charge in [-0.15, -0.1) is 0 Å². The van der Waals surface area contributed by atoms with Crippen LogP contribution in [0.15, 0.2) is 0 Å². The van der Waals surface area contributed by atoms with Gasteiger partial charge in [0.25, 0.3) is 0 Å². The number of ether oxygens (including phenoxy) is 1. The van der Waals surface area contributed by atoms with Crippen LogP contribution in [0.2, 0.25) is 0 Å². The SMILES string of the molecule is CCCCCCCCCCC[C@](O)(C=O)CCCC(=O)OC. The summed E-state index contributed by atoms with van der Waals surface area (Å²) in [6.07, 6.45) is 13.1. The highest BCUT2D eigenvalue weighted by Crippen LogP contribution is 2.21. The monoisotopic (exact) mass is 314 g/mol. The minimum Gasteiger partial charge on any atom is -0.469 e. The Labute approximate surface area is 135 Å². The molecule has 4 nitrogen and oxygen atoms in total. The summed E-state index contributed by atoms with van der Waals surface area (Å²) >= 11 is 0. The van der Waals surface area contributed by atoms with Gasteiger partial charge in [0.05, 0.1) is 7.11 Å². The molecule has 4 heteroatoms. The largest absolute Gasteiger partial charge is 0.469 e. The standard InChI is InChI=1S/C18H34O4/c1-3-4-5-6-7-8-9-10-11-14-18(21,16-19)15-12-13-17(20)22-2/h16,21H,3-15H2,1-2H3/t18-/m1/s1. The fourth-order valence-corrected chi connectivity index (χ4v) is 2.63. The van der Waals surface area contributed by atoms with E-state index in [1.165, 1.54) is 52.1 Å². The van der Waals surface area contributed by atoms with Gasteiger partial charge in [-0.3, -0.25) is 4.79 Å². The summed E-state index contributed by atoms with van der Waals surface area (Å²) in [7, 11) is 1.34. The zero-order valence-corrected chi connectivity index (χ0v) is 14.4. The van der Waals surface area contributed by atoms with Crippen molar-refractivity contribution in [1.82, 2.24) is 0 Å². The molecule has 0 aromatic rings. The molecule has 0 unspecified atom stereocenters. The van der Waals surface area contributed by atoms with Crippen molar-refractivity contribution in [2.75, 3.05) is 7.11 Å². The van der Waals surface area contributed by atoms with Gasteiger partial charge in [-0.25, -0.2) is 0 Å². The molecule has 1 atom stereocenters. The van der Waals surface area contributed by atoms with E-state index < -0.39 is 5.60 Å². The number of aldehydes is 1. The van der Waals surface area contributed by atoms with Gasteiger partial charge in [-0.1, -0.05) is 64.7 Å². The molecule has 0 aliphatic carbocycles. The molecule has 0 rings (SSSR count). The first kappa shape index (κ1) is 21.1. The normalized spacial score (nSPS) is 13.6. The summed E-state index contributed by atoms with van der Waals surface area (Å²) in [4.78, 5) is 22.1. The summed E-state index contributed by atoms with van der Waals surface area (Å²) in [6.45, 7) is 2.22. The second kappa shape index (κ2) is 13.7. The lowest BCUT2D eigenvalue weighted by molar-refractivity contribution is -0.141. The van der Waals surface area contributed by atoms with Crippen LogP contribution >= 0.6 is 0 Å². The van der Waals surface area contributed by atoms with E-state index in [0.717, 1.165) is 12.8 Å². The van der Waals surface area contributed by atoms with E-state index in [9.17, 15) is 14.7 Å². The number of methoxy groups -OCH3 is 1. The first-order valence-electron chi connectivity index (χ1n) is 8.83. The van der Waals surface area contributed by atoms with Gasteiger partial charge in [0.15, 0.2) is 6.29 Å². The number of hydrogen-bond acceptors (Lipinski definition) is 4. The number of rotatable bonds is 15. The maximum absolute atomic E-state index is 11.1. The zero-order valence-electron chi connectivity index (χ0n) is 14.4. The highest BCUT2D eigenvalue weighted by molar-refractivity contribution is 5.69. The fourth-order valence-electron chi connectivity index (χ4n) is 2.63. The Morgan fingerprint density at radius 1 is 0.955 bits per heavy atom. The number of carbonyl (C=O) groups excluding carboxylic acids is 2. The van der Waals surface area contributed by atoms with Crippen LogP contribution in [0, 0.1) is 0 Å². The molecule has 0 spiro atoms. The quantitative estimate of drug-likeness (QED) is 0.280. The van der Waals surface area contributed by atoms with Crippen molar-refractivity contribution in [2.45, 2.75) is 96.0 Å². The molecular formula is C18H34O4. The van der Waals surface area contributed by atoms with Gasteiger partial charge in [0.2, 0.25) is 0 Å². The van der Waals surface area contributed by atoms with Crippen molar-refractivity contribution in [2.24, 2.45) is 0 Å². The summed E-state index contributed by atoms with van der Waals surface area (Å²) in [5.41, 5.74) is -1.27. The van der Waals surface area contributed by atoms with Crippen LogP contribution in [-0.2, 0) is 14.3 Å². The Hall–Kier alpha value is -0.900. The third-order valence-corrected chi connectivity index (χ3v) is 4.15. The Morgan fingerprint density at radius 2 is 1.45 bits per heavy atom. The molecule has 0 aromatic carbocycles. The van der Waals surface area contributed by atoms with Gasteiger partial charge in [0.1, 0.15) is 5.60 Å². The van der Waals surface area contributed by atoms with Crippen molar-refractivity contribution in [3.8, 4) is 0 Å². The third-order valence-electron chi connectivity index (χ3n) is 4.15. The maximum atomic E-state index is 11.1. The van der Waals surface area contributed by atoms with Crippen molar-refractivity contribution < 1.29 is 19.4 Å². The molecule has 0 saturated heterocycles. The van der Waals surface area contributed by atoms with Crippen molar-refractivity contribution >= 4 is 12.3 Å². The van der Waals surface area contributed by atoms with Crippen LogP contribution in [0.5, 0.6) is 0 Å². The molecule has 0 saturated carbocycles. The van der Waals surface area contributed by atoms with Gasteiger partial charge in [-0.05, 0) is 19.3 Å². The van der Waals surface area contributed by atoms with E-state index in [0.29, 0.717) is 25.5 Å². The summed E-state index contributed by atoms with van der Waals surface area (Å²) < 4.78 is 4.55. The van der Waals surface area contributed by atoms with Crippen LogP contribution in [-0.4, -0.2) is 30.1 Å². The molecule has 0 aromatic heterocycles.